The molecule has 1 heterocycles. The van der Waals surface area contributed by atoms with Crippen LogP contribution in [0.3, 0.4) is 0 Å². The summed E-state index contributed by atoms with van der Waals surface area (Å²) in [6, 6.07) is 20.0. The number of hydrogen-bond acceptors (Lipinski definition) is 5. The SMILES string of the molecule is CCOC(=O)C(CC)C(=O)Nc1ccc(NC(=O)c2cc3cc(NC(=O)CC(C)(C)C)ccc3n2Cc2ccccc2F)cc1. The summed E-state index contributed by atoms with van der Waals surface area (Å²) in [4.78, 5) is 50.9. The van der Waals surface area contributed by atoms with Crippen LogP contribution in [0.1, 0.15) is 63.5 Å². The number of rotatable bonds is 11. The second-order valence-electron chi connectivity index (χ2n) is 12.0. The lowest BCUT2D eigenvalue weighted by Crippen LogP contribution is -2.30. The first kappa shape index (κ1) is 32.9. The van der Waals surface area contributed by atoms with Crippen LogP contribution >= 0.6 is 0 Å². The zero-order valence-electron chi connectivity index (χ0n) is 26.2. The van der Waals surface area contributed by atoms with Crippen LogP contribution in [0.2, 0.25) is 0 Å². The first-order chi connectivity index (χ1) is 21.4. The molecule has 1 unspecified atom stereocenters. The van der Waals surface area contributed by atoms with Crippen molar-refractivity contribution in [2.24, 2.45) is 11.3 Å². The predicted molar refractivity (Wildman–Crippen MR) is 174 cm³/mol. The second-order valence-corrected chi connectivity index (χ2v) is 12.0. The maximum atomic E-state index is 14.7. The topological polar surface area (TPSA) is 119 Å². The van der Waals surface area contributed by atoms with E-state index in [4.69, 9.17) is 4.74 Å². The number of nitrogens with zero attached hydrogens (tertiary/aromatic N) is 1. The molecular formula is C35H39FN4O5. The molecule has 3 aromatic carbocycles. The number of carbonyl (C=O) groups excluding carboxylic acids is 4. The van der Waals surface area contributed by atoms with Gasteiger partial charge in [0.2, 0.25) is 11.8 Å². The molecule has 236 valence electrons. The average molecular weight is 615 g/mol. The normalized spacial score (nSPS) is 12.0. The quantitative estimate of drug-likeness (QED) is 0.124. The van der Waals surface area contributed by atoms with E-state index in [0.717, 1.165) is 0 Å². The van der Waals surface area contributed by atoms with Crippen LogP contribution in [0, 0.1) is 17.2 Å². The van der Waals surface area contributed by atoms with Gasteiger partial charge >= 0.3 is 5.97 Å². The van der Waals surface area contributed by atoms with E-state index in [0.29, 0.717) is 52.1 Å². The summed E-state index contributed by atoms with van der Waals surface area (Å²) in [5.41, 5.74) is 2.75. The van der Waals surface area contributed by atoms with Crippen LogP contribution in [0.4, 0.5) is 21.5 Å². The smallest absolute Gasteiger partial charge is 0.318 e. The molecule has 9 nitrogen and oxygen atoms in total. The molecule has 0 aliphatic carbocycles. The molecule has 0 spiro atoms. The third-order valence-corrected chi connectivity index (χ3v) is 7.10. The van der Waals surface area contributed by atoms with Gasteiger partial charge in [-0.2, -0.15) is 0 Å². The summed E-state index contributed by atoms with van der Waals surface area (Å²) in [5.74, 6) is -2.90. The molecule has 10 heteroatoms. The molecule has 0 aliphatic rings. The van der Waals surface area contributed by atoms with Crippen LogP contribution in [-0.4, -0.2) is 34.9 Å². The highest BCUT2D eigenvalue weighted by Crippen LogP contribution is 2.27. The monoisotopic (exact) mass is 614 g/mol. The maximum Gasteiger partial charge on any atom is 0.318 e. The molecule has 0 saturated heterocycles. The van der Waals surface area contributed by atoms with E-state index in [1.165, 1.54) is 6.07 Å². The predicted octanol–water partition coefficient (Wildman–Crippen LogP) is 6.98. The molecule has 0 fully saturated rings. The third-order valence-electron chi connectivity index (χ3n) is 7.10. The summed E-state index contributed by atoms with van der Waals surface area (Å²) < 4.78 is 21.4. The molecule has 45 heavy (non-hydrogen) atoms. The Kier molecular flexibility index (Phi) is 10.4. The first-order valence-electron chi connectivity index (χ1n) is 14.9. The van der Waals surface area contributed by atoms with Crippen LogP contribution in [0.15, 0.2) is 72.8 Å². The molecule has 4 aromatic rings. The Balaban J connectivity index is 1.57. The Labute approximate surface area is 262 Å². The van der Waals surface area contributed by atoms with E-state index in [-0.39, 0.29) is 30.3 Å². The largest absolute Gasteiger partial charge is 0.465 e. The van der Waals surface area contributed by atoms with E-state index in [2.05, 4.69) is 16.0 Å². The van der Waals surface area contributed by atoms with Gasteiger partial charge in [0, 0.05) is 39.9 Å². The number of benzene rings is 3. The fourth-order valence-corrected chi connectivity index (χ4v) is 4.95. The highest BCUT2D eigenvalue weighted by Gasteiger charge is 2.26. The second kappa shape index (κ2) is 14.2. The molecule has 0 bridgehead atoms. The number of ether oxygens (including phenoxy) is 1. The van der Waals surface area contributed by atoms with Gasteiger partial charge in [-0.1, -0.05) is 45.9 Å². The van der Waals surface area contributed by atoms with Gasteiger partial charge in [0.15, 0.2) is 0 Å². The van der Waals surface area contributed by atoms with Crippen molar-refractivity contribution in [2.45, 2.75) is 54.0 Å². The van der Waals surface area contributed by atoms with Crippen LogP contribution in [0.5, 0.6) is 0 Å². The number of hydrogen-bond donors (Lipinski definition) is 3. The van der Waals surface area contributed by atoms with Crippen LogP contribution in [0.25, 0.3) is 10.9 Å². The molecule has 1 aromatic heterocycles. The van der Waals surface area contributed by atoms with Gasteiger partial charge in [-0.15, -0.1) is 0 Å². The van der Waals surface area contributed by atoms with E-state index in [1.807, 2.05) is 20.8 Å². The molecule has 0 radical (unpaired) electrons. The molecule has 1 atom stereocenters. The number of carbonyl (C=O) groups is 4. The number of halogens is 1. The number of aromatic nitrogens is 1. The molecule has 0 aliphatic heterocycles. The van der Waals surface area contributed by atoms with Crippen molar-refractivity contribution in [3.05, 3.63) is 89.9 Å². The Bertz CT molecular complexity index is 1710. The lowest BCUT2D eigenvalue weighted by molar-refractivity contribution is -0.151. The van der Waals surface area contributed by atoms with Crippen molar-refractivity contribution >= 4 is 51.7 Å². The maximum absolute atomic E-state index is 14.7. The number of esters is 1. The van der Waals surface area contributed by atoms with Crippen molar-refractivity contribution in [3.8, 4) is 0 Å². The first-order valence-corrected chi connectivity index (χ1v) is 14.9. The van der Waals surface area contributed by atoms with Crippen LogP contribution in [-0.2, 0) is 25.7 Å². The Hall–Kier alpha value is -4.99. The summed E-state index contributed by atoms with van der Waals surface area (Å²) in [5, 5.41) is 9.21. The zero-order valence-corrected chi connectivity index (χ0v) is 26.2. The van der Waals surface area contributed by atoms with Gasteiger partial charge in [0.1, 0.15) is 17.4 Å². The minimum atomic E-state index is -0.923. The van der Waals surface area contributed by atoms with E-state index < -0.39 is 23.7 Å². The van der Waals surface area contributed by atoms with Crippen molar-refractivity contribution in [1.82, 2.24) is 4.57 Å². The number of amides is 3. The van der Waals surface area contributed by atoms with Crippen molar-refractivity contribution in [3.63, 3.8) is 0 Å². The van der Waals surface area contributed by atoms with Gasteiger partial charge < -0.3 is 25.3 Å². The van der Waals surface area contributed by atoms with E-state index >= 15 is 0 Å². The Morgan fingerprint density at radius 1 is 0.844 bits per heavy atom. The molecule has 0 saturated carbocycles. The lowest BCUT2D eigenvalue weighted by Gasteiger charge is -2.17. The van der Waals surface area contributed by atoms with Gasteiger partial charge in [-0.3, -0.25) is 19.2 Å². The van der Waals surface area contributed by atoms with Gasteiger partial charge in [-0.25, -0.2) is 4.39 Å². The van der Waals surface area contributed by atoms with Crippen molar-refractivity contribution in [1.29, 1.82) is 0 Å². The average Bonchev–Trinajstić information content (AvgIpc) is 3.32. The zero-order chi connectivity index (χ0) is 32.7. The Morgan fingerprint density at radius 2 is 1.49 bits per heavy atom. The number of nitrogens with one attached hydrogen (secondary N) is 3. The van der Waals surface area contributed by atoms with Crippen molar-refractivity contribution < 1.29 is 28.3 Å². The minimum Gasteiger partial charge on any atom is -0.465 e. The Morgan fingerprint density at radius 3 is 2.11 bits per heavy atom. The summed E-state index contributed by atoms with van der Waals surface area (Å²) in [6.07, 6.45) is 0.643. The lowest BCUT2D eigenvalue weighted by atomic mass is 9.92. The fourth-order valence-electron chi connectivity index (χ4n) is 4.95. The summed E-state index contributed by atoms with van der Waals surface area (Å²) in [6.45, 7) is 9.67. The van der Waals surface area contributed by atoms with Gasteiger partial charge in [0.05, 0.1) is 13.2 Å². The number of fused-ring (bicyclic) bond motifs is 1. The molecule has 3 amide bonds. The van der Waals surface area contributed by atoms with Gasteiger partial charge in [-0.05, 0) is 73.4 Å². The van der Waals surface area contributed by atoms with Gasteiger partial charge in [0.25, 0.3) is 5.91 Å². The number of anilines is 3. The minimum absolute atomic E-state index is 0.110. The van der Waals surface area contributed by atoms with E-state index in [9.17, 15) is 23.6 Å². The van der Waals surface area contributed by atoms with E-state index in [1.54, 1.807) is 85.1 Å². The summed E-state index contributed by atoms with van der Waals surface area (Å²) in [7, 11) is 0. The highest BCUT2D eigenvalue weighted by molar-refractivity contribution is 6.08. The third kappa shape index (κ3) is 8.56. The fraction of sp³-hybridized carbons (Fsp3) is 0.314. The highest BCUT2D eigenvalue weighted by atomic mass is 19.1. The van der Waals surface area contributed by atoms with Crippen molar-refractivity contribution in [2.75, 3.05) is 22.6 Å². The molecule has 3 N–H and O–H groups in total. The molecular weight excluding hydrogens is 575 g/mol. The summed E-state index contributed by atoms with van der Waals surface area (Å²) >= 11 is 0. The molecule has 4 rings (SSSR count). The van der Waals surface area contributed by atoms with Crippen LogP contribution < -0.4 is 16.0 Å². The standard InChI is InChI=1S/C35H39FN4O5/c1-6-27(34(44)45-7-2)32(42)38-24-12-14-25(15-13-24)39-33(43)30-19-23-18-26(37-31(41)20-35(3,4)5)16-17-29(23)40(30)21-22-10-8-9-11-28(22)36/h8-19,27H,6-7,20-21H2,1-5H3,(H,37,41)(H,38,42)(H,39,43).